The summed E-state index contributed by atoms with van der Waals surface area (Å²) in [5.41, 5.74) is 0. The number of rotatable bonds is 49. The molecule has 0 fully saturated rings. The van der Waals surface area contributed by atoms with E-state index >= 15 is 0 Å². The van der Waals surface area contributed by atoms with E-state index in [9.17, 15) is 14.4 Å². The summed E-state index contributed by atoms with van der Waals surface area (Å²) >= 11 is 0. The van der Waals surface area contributed by atoms with E-state index in [0.717, 1.165) is 63.7 Å². The summed E-state index contributed by atoms with van der Waals surface area (Å²) in [5.74, 6) is 0.00492. The van der Waals surface area contributed by atoms with Crippen LogP contribution in [0.25, 0.3) is 0 Å². The van der Waals surface area contributed by atoms with Crippen molar-refractivity contribution < 1.29 is 28.6 Å². The molecule has 60 heavy (non-hydrogen) atoms. The van der Waals surface area contributed by atoms with E-state index in [4.69, 9.17) is 14.2 Å². The van der Waals surface area contributed by atoms with Gasteiger partial charge in [-0.15, -0.1) is 0 Å². The second-order valence-electron chi connectivity index (χ2n) is 18.8. The summed E-state index contributed by atoms with van der Waals surface area (Å²) in [6.45, 7) is 9.04. The van der Waals surface area contributed by atoms with Crippen LogP contribution >= 0.6 is 0 Å². The lowest BCUT2D eigenvalue weighted by Crippen LogP contribution is -2.30. The van der Waals surface area contributed by atoms with E-state index in [2.05, 4.69) is 27.7 Å². The van der Waals surface area contributed by atoms with Crippen LogP contribution in [0.1, 0.15) is 304 Å². The fourth-order valence-electron chi connectivity index (χ4n) is 8.19. The van der Waals surface area contributed by atoms with Gasteiger partial charge in [0.05, 0.1) is 0 Å². The molecule has 2 atom stereocenters. The van der Waals surface area contributed by atoms with E-state index in [1.807, 2.05) is 0 Å². The van der Waals surface area contributed by atoms with Gasteiger partial charge in [-0.25, -0.2) is 0 Å². The van der Waals surface area contributed by atoms with Crippen LogP contribution in [0.2, 0.25) is 0 Å². The molecule has 0 aromatic rings. The molecule has 0 aliphatic rings. The molecule has 1 unspecified atom stereocenters. The fourth-order valence-corrected chi connectivity index (χ4v) is 8.19. The van der Waals surface area contributed by atoms with Gasteiger partial charge in [0.25, 0.3) is 0 Å². The van der Waals surface area contributed by atoms with E-state index in [1.165, 1.54) is 199 Å². The van der Waals surface area contributed by atoms with Gasteiger partial charge in [-0.3, -0.25) is 14.4 Å². The van der Waals surface area contributed by atoms with Crippen molar-refractivity contribution in [2.45, 2.75) is 310 Å². The second kappa shape index (κ2) is 48.4. The molecule has 0 aromatic carbocycles. The van der Waals surface area contributed by atoms with Crippen molar-refractivity contribution in [1.82, 2.24) is 0 Å². The zero-order valence-corrected chi connectivity index (χ0v) is 40.9. The summed E-state index contributed by atoms with van der Waals surface area (Å²) in [6.07, 6.45) is 50.8. The first-order chi connectivity index (χ1) is 29.4. The van der Waals surface area contributed by atoms with Crippen LogP contribution in [0.5, 0.6) is 0 Å². The molecular weight excluding hydrogens is 745 g/mol. The van der Waals surface area contributed by atoms with Crippen molar-refractivity contribution in [3.63, 3.8) is 0 Å². The first kappa shape index (κ1) is 58.4. The highest BCUT2D eigenvalue weighted by molar-refractivity contribution is 5.71. The molecule has 0 aromatic heterocycles. The molecule has 356 valence electrons. The predicted octanol–water partition coefficient (Wildman–Crippen LogP) is 17.5. The zero-order valence-electron chi connectivity index (χ0n) is 40.9. The summed E-state index contributed by atoms with van der Waals surface area (Å²) in [4.78, 5) is 38.0. The normalized spacial score (nSPS) is 12.4. The highest BCUT2D eigenvalue weighted by atomic mass is 16.6. The Labute approximate surface area is 374 Å². The van der Waals surface area contributed by atoms with Gasteiger partial charge in [0.2, 0.25) is 0 Å². The third kappa shape index (κ3) is 45.9. The number of hydrogen-bond acceptors (Lipinski definition) is 6. The molecule has 6 nitrogen and oxygen atoms in total. The van der Waals surface area contributed by atoms with Gasteiger partial charge < -0.3 is 14.2 Å². The summed E-state index contributed by atoms with van der Waals surface area (Å²) in [7, 11) is 0. The Balaban J connectivity index is 4.29. The predicted molar refractivity (Wildman–Crippen MR) is 257 cm³/mol. The van der Waals surface area contributed by atoms with E-state index in [-0.39, 0.29) is 31.1 Å². The average Bonchev–Trinajstić information content (AvgIpc) is 3.25. The molecule has 0 aliphatic heterocycles. The Morgan fingerprint density at radius 2 is 0.583 bits per heavy atom. The first-order valence-corrected chi connectivity index (χ1v) is 26.9. The molecule has 0 amide bonds. The first-order valence-electron chi connectivity index (χ1n) is 26.9. The Kier molecular flexibility index (Phi) is 47.2. The number of carbonyl (C=O) groups is 3. The number of esters is 3. The molecule has 0 rings (SSSR count). The molecule has 0 aliphatic carbocycles. The van der Waals surface area contributed by atoms with Gasteiger partial charge >= 0.3 is 17.9 Å². The molecular formula is C54H104O6. The SMILES string of the molecule is CCCCCCCCCCCCCCCCCCCC(=O)OC[C@H](COC(=O)CCCCCCCCCCC(C)CC)OC(=O)CCCCCCCCCCCCCCC. The van der Waals surface area contributed by atoms with E-state index in [0.29, 0.717) is 19.3 Å². The standard InChI is InChI=1S/C54H104O6/c1-5-8-10-12-14-16-18-20-21-22-23-25-26-28-33-37-41-45-52(55)58-48-51(49-59-53(56)46-42-38-34-31-30-32-36-40-44-50(4)7-3)60-54(57)47-43-39-35-29-27-24-19-17-15-13-11-9-6-2/h50-51H,5-49H2,1-4H3/t50?,51-/m1/s1. The summed E-state index contributed by atoms with van der Waals surface area (Å²) in [5, 5.41) is 0. The second-order valence-corrected chi connectivity index (χ2v) is 18.8. The van der Waals surface area contributed by atoms with Gasteiger partial charge in [0, 0.05) is 19.3 Å². The molecule has 0 N–H and O–H groups in total. The summed E-state index contributed by atoms with van der Waals surface area (Å²) < 4.78 is 16.8. The van der Waals surface area contributed by atoms with Crippen LogP contribution < -0.4 is 0 Å². The number of ether oxygens (including phenoxy) is 3. The van der Waals surface area contributed by atoms with E-state index in [1.54, 1.807) is 0 Å². The third-order valence-electron chi connectivity index (χ3n) is 12.7. The minimum atomic E-state index is -0.761. The van der Waals surface area contributed by atoms with Crippen molar-refractivity contribution in [2.75, 3.05) is 13.2 Å². The maximum Gasteiger partial charge on any atom is 0.306 e. The van der Waals surface area contributed by atoms with Gasteiger partial charge in [0.15, 0.2) is 6.10 Å². The molecule has 0 bridgehead atoms. The van der Waals surface area contributed by atoms with Crippen LogP contribution in [0.4, 0.5) is 0 Å². The van der Waals surface area contributed by atoms with Crippen molar-refractivity contribution in [2.24, 2.45) is 5.92 Å². The molecule has 6 heteroatoms. The van der Waals surface area contributed by atoms with Crippen molar-refractivity contribution >= 4 is 17.9 Å². The van der Waals surface area contributed by atoms with Gasteiger partial charge in [-0.05, 0) is 25.2 Å². The lowest BCUT2D eigenvalue weighted by Gasteiger charge is -2.18. The van der Waals surface area contributed by atoms with Gasteiger partial charge in [-0.1, -0.05) is 265 Å². The van der Waals surface area contributed by atoms with E-state index < -0.39 is 6.10 Å². The lowest BCUT2D eigenvalue weighted by molar-refractivity contribution is -0.167. The minimum Gasteiger partial charge on any atom is -0.462 e. The van der Waals surface area contributed by atoms with Gasteiger partial charge in [-0.2, -0.15) is 0 Å². The van der Waals surface area contributed by atoms with Crippen LogP contribution in [0.3, 0.4) is 0 Å². The molecule has 0 saturated carbocycles. The van der Waals surface area contributed by atoms with Crippen molar-refractivity contribution in [3.05, 3.63) is 0 Å². The Bertz CT molecular complexity index is 905. The molecule has 0 radical (unpaired) electrons. The highest BCUT2D eigenvalue weighted by Crippen LogP contribution is 2.18. The monoisotopic (exact) mass is 849 g/mol. The third-order valence-corrected chi connectivity index (χ3v) is 12.7. The van der Waals surface area contributed by atoms with Gasteiger partial charge in [0.1, 0.15) is 13.2 Å². The van der Waals surface area contributed by atoms with Crippen LogP contribution in [-0.4, -0.2) is 37.2 Å². The maximum absolute atomic E-state index is 12.8. The smallest absolute Gasteiger partial charge is 0.306 e. The minimum absolute atomic E-state index is 0.0627. The topological polar surface area (TPSA) is 78.9 Å². The fraction of sp³-hybridized carbons (Fsp3) is 0.944. The number of carbonyl (C=O) groups excluding carboxylic acids is 3. The average molecular weight is 849 g/mol. The van der Waals surface area contributed by atoms with Crippen LogP contribution in [0, 0.1) is 5.92 Å². The quantitative estimate of drug-likeness (QED) is 0.0345. The summed E-state index contributed by atoms with van der Waals surface area (Å²) in [6, 6.07) is 0. The Hall–Kier alpha value is -1.59. The molecule has 0 spiro atoms. The lowest BCUT2D eigenvalue weighted by atomic mass is 9.99. The van der Waals surface area contributed by atoms with Crippen molar-refractivity contribution in [1.29, 1.82) is 0 Å². The Morgan fingerprint density at radius 3 is 0.867 bits per heavy atom. The zero-order chi connectivity index (χ0) is 43.8. The Morgan fingerprint density at radius 1 is 0.333 bits per heavy atom. The molecule has 0 saturated heterocycles. The number of unbranched alkanes of at least 4 members (excludes halogenated alkanes) is 35. The maximum atomic E-state index is 12.8. The molecule has 0 heterocycles. The largest absolute Gasteiger partial charge is 0.462 e. The highest BCUT2D eigenvalue weighted by Gasteiger charge is 2.19. The van der Waals surface area contributed by atoms with Crippen LogP contribution in [0.15, 0.2) is 0 Å². The number of hydrogen-bond donors (Lipinski definition) is 0. The van der Waals surface area contributed by atoms with Crippen molar-refractivity contribution in [3.8, 4) is 0 Å². The van der Waals surface area contributed by atoms with Crippen LogP contribution in [-0.2, 0) is 28.6 Å².